The third-order valence-electron chi connectivity index (χ3n) is 2.76. The second kappa shape index (κ2) is 5.88. The molecule has 2 aromatic rings. The highest BCUT2D eigenvalue weighted by molar-refractivity contribution is 7.84. The molecule has 7 heteroatoms. The van der Waals surface area contributed by atoms with Crippen LogP contribution in [0.15, 0.2) is 18.2 Å². The first-order valence-corrected chi connectivity index (χ1v) is 8.51. The molecule has 0 saturated heterocycles. The summed E-state index contributed by atoms with van der Waals surface area (Å²) < 4.78 is 25.1. The summed E-state index contributed by atoms with van der Waals surface area (Å²) in [6, 6.07) is 4.05. The number of carbonyl (C=O) groups excluding carboxylic acids is 1. The van der Waals surface area contributed by atoms with Gasteiger partial charge in [-0.25, -0.2) is 4.39 Å². The smallest absolute Gasteiger partial charge is 0.263 e. The SMILES string of the molecule is CC(CS(C)=O)NC(=O)c1sc2ccc(F)cc2c1N. The van der Waals surface area contributed by atoms with Crippen molar-refractivity contribution in [3.63, 3.8) is 0 Å². The number of nitrogen functional groups attached to an aromatic ring is 1. The van der Waals surface area contributed by atoms with E-state index < -0.39 is 10.8 Å². The fraction of sp³-hybridized carbons (Fsp3) is 0.308. The number of rotatable bonds is 4. The molecule has 1 heterocycles. The average Bonchev–Trinajstić information content (AvgIpc) is 2.65. The lowest BCUT2D eigenvalue weighted by atomic mass is 10.2. The number of fused-ring (bicyclic) bond motifs is 1. The summed E-state index contributed by atoms with van der Waals surface area (Å²) >= 11 is 1.22. The van der Waals surface area contributed by atoms with Crippen LogP contribution in [-0.2, 0) is 10.8 Å². The summed E-state index contributed by atoms with van der Waals surface area (Å²) in [5.74, 6) is -0.323. The molecule has 0 spiro atoms. The Morgan fingerprint density at radius 1 is 1.55 bits per heavy atom. The molecule has 1 aromatic heterocycles. The van der Waals surface area contributed by atoms with Gasteiger partial charge in [-0.05, 0) is 25.1 Å². The van der Waals surface area contributed by atoms with Crippen LogP contribution in [0.5, 0.6) is 0 Å². The number of hydrogen-bond acceptors (Lipinski definition) is 4. The number of nitrogens with two attached hydrogens (primary N) is 1. The molecule has 1 amide bonds. The molecule has 2 unspecified atom stereocenters. The van der Waals surface area contributed by atoms with E-state index in [2.05, 4.69) is 5.32 Å². The summed E-state index contributed by atoms with van der Waals surface area (Å²) in [7, 11) is -0.984. The van der Waals surface area contributed by atoms with Crippen LogP contribution in [0.3, 0.4) is 0 Å². The average molecular weight is 314 g/mol. The maximum absolute atomic E-state index is 13.2. The summed E-state index contributed by atoms with van der Waals surface area (Å²) in [5, 5.41) is 3.30. The van der Waals surface area contributed by atoms with Crippen molar-refractivity contribution in [1.29, 1.82) is 0 Å². The number of amides is 1. The van der Waals surface area contributed by atoms with E-state index in [9.17, 15) is 13.4 Å². The van der Waals surface area contributed by atoms with Gasteiger partial charge in [-0.15, -0.1) is 11.3 Å². The van der Waals surface area contributed by atoms with Crippen LogP contribution >= 0.6 is 11.3 Å². The van der Waals surface area contributed by atoms with Gasteiger partial charge in [-0.2, -0.15) is 0 Å². The molecule has 0 aliphatic carbocycles. The quantitative estimate of drug-likeness (QED) is 0.908. The van der Waals surface area contributed by atoms with Gasteiger partial charge in [0.1, 0.15) is 10.7 Å². The van der Waals surface area contributed by atoms with E-state index >= 15 is 0 Å². The molecule has 0 fully saturated rings. The number of thiophene rings is 1. The zero-order chi connectivity index (χ0) is 14.9. The van der Waals surface area contributed by atoms with Crippen LogP contribution in [0, 0.1) is 5.82 Å². The lowest BCUT2D eigenvalue weighted by molar-refractivity contribution is 0.0948. The van der Waals surface area contributed by atoms with Gasteiger partial charge in [-0.3, -0.25) is 9.00 Å². The maximum Gasteiger partial charge on any atom is 0.263 e. The van der Waals surface area contributed by atoms with Gasteiger partial charge in [0.25, 0.3) is 5.91 Å². The van der Waals surface area contributed by atoms with Crippen molar-refractivity contribution in [2.45, 2.75) is 13.0 Å². The number of anilines is 1. The van der Waals surface area contributed by atoms with E-state index in [1.165, 1.54) is 23.5 Å². The Morgan fingerprint density at radius 3 is 2.90 bits per heavy atom. The number of nitrogens with one attached hydrogen (secondary N) is 1. The van der Waals surface area contributed by atoms with Crippen molar-refractivity contribution in [2.75, 3.05) is 17.7 Å². The molecule has 0 bridgehead atoms. The topological polar surface area (TPSA) is 72.2 Å². The van der Waals surface area contributed by atoms with Crippen LogP contribution in [0.25, 0.3) is 10.1 Å². The molecule has 0 aliphatic rings. The van der Waals surface area contributed by atoms with E-state index in [0.717, 1.165) is 4.70 Å². The van der Waals surface area contributed by atoms with E-state index in [-0.39, 0.29) is 23.5 Å². The Hall–Kier alpha value is -1.47. The Morgan fingerprint density at radius 2 is 2.25 bits per heavy atom. The normalized spacial score (nSPS) is 14.2. The zero-order valence-electron chi connectivity index (χ0n) is 11.1. The summed E-state index contributed by atoms with van der Waals surface area (Å²) in [6.45, 7) is 1.78. The third kappa shape index (κ3) is 3.16. The Balaban J connectivity index is 2.26. The minimum Gasteiger partial charge on any atom is -0.397 e. The molecule has 108 valence electrons. The van der Waals surface area contributed by atoms with E-state index in [1.54, 1.807) is 19.2 Å². The van der Waals surface area contributed by atoms with Gasteiger partial charge in [-0.1, -0.05) is 0 Å². The van der Waals surface area contributed by atoms with Gasteiger partial charge in [0.2, 0.25) is 0 Å². The van der Waals surface area contributed by atoms with Gasteiger partial charge < -0.3 is 11.1 Å². The predicted octanol–water partition coefficient (Wildman–Crippen LogP) is 2.12. The molecule has 3 N–H and O–H groups in total. The number of carbonyl (C=O) groups is 1. The monoisotopic (exact) mass is 314 g/mol. The lowest BCUT2D eigenvalue weighted by Crippen LogP contribution is -2.36. The Labute approximate surface area is 122 Å². The van der Waals surface area contributed by atoms with E-state index in [0.29, 0.717) is 16.0 Å². The summed E-state index contributed by atoms with van der Waals surface area (Å²) in [6.07, 6.45) is 1.58. The molecule has 0 saturated carbocycles. The highest BCUT2D eigenvalue weighted by atomic mass is 32.2. The minimum absolute atomic E-state index is 0.213. The first kappa shape index (κ1) is 14.9. The van der Waals surface area contributed by atoms with Crippen molar-refractivity contribution < 1.29 is 13.4 Å². The molecule has 0 aliphatic heterocycles. The Bertz CT molecular complexity index is 684. The fourth-order valence-corrected chi connectivity index (χ4v) is 3.73. The van der Waals surface area contributed by atoms with Gasteiger partial charge in [0.15, 0.2) is 0 Å². The van der Waals surface area contributed by atoms with Gasteiger partial charge in [0.05, 0.1) is 5.69 Å². The maximum atomic E-state index is 13.2. The van der Waals surface area contributed by atoms with Crippen LogP contribution < -0.4 is 11.1 Å². The van der Waals surface area contributed by atoms with Gasteiger partial charge >= 0.3 is 0 Å². The van der Waals surface area contributed by atoms with Crippen molar-refractivity contribution in [1.82, 2.24) is 5.32 Å². The summed E-state index contributed by atoms with van der Waals surface area (Å²) in [5.41, 5.74) is 6.19. The second-order valence-corrected chi connectivity index (χ2v) is 7.13. The van der Waals surface area contributed by atoms with Crippen molar-refractivity contribution in [3.05, 3.63) is 28.9 Å². The molecule has 0 radical (unpaired) electrons. The molecule has 20 heavy (non-hydrogen) atoms. The van der Waals surface area contributed by atoms with Crippen LogP contribution in [0.2, 0.25) is 0 Å². The molecule has 2 rings (SSSR count). The molecule has 1 aromatic carbocycles. The molecule has 2 atom stereocenters. The first-order valence-electron chi connectivity index (χ1n) is 5.97. The largest absolute Gasteiger partial charge is 0.397 e. The second-order valence-electron chi connectivity index (χ2n) is 4.60. The highest BCUT2D eigenvalue weighted by Gasteiger charge is 2.18. The van der Waals surface area contributed by atoms with Crippen molar-refractivity contribution >= 4 is 43.8 Å². The molecule has 4 nitrogen and oxygen atoms in total. The lowest BCUT2D eigenvalue weighted by Gasteiger charge is -2.11. The van der Waals surface area contributed by atoms with Crippen molar-refractivity contribution in [3.8, 4) is 0 Å². The highest BCUT2D eigenvalue weighted by Crippen LogP contribution is 2.33. The zero-order valence-corrected chi connectivity index (χ0v) is 12.7. The van der Waals surface area contributed by atoms with E-state index in [1.807, 2.05) is 0 Å². The Kier molecular flexibility index (Phi) is 4.39. The van der Waals surface area contributed by atoms with Crippen LogP contribution in [-0.4, -0.2) is 28.2 Å². The standard InChI is InChI=1S/C13H15FN2O2S2/c1-7(6-20(2)18)16-13(17)12-11(15)9-5-8(14)3-4-10(9)19-12/h3-5,7H,6,15H2,1-2H3,(H,16,17). The molecular formula is C13H15FN2O2S2. The fourth-order valence-electron chi connectivity index (χ4n) is 1.94. The van der Waals surface area contributed by atoms with Gasteiger partial charge in [0, 0.05) is 38.9 Å². The minimum atomic E-state index is -0.984. The number of hydrogen-bond donors (Lipinski definition) is 2. The van der Waals surface area contributed by atoms with Crippen molar-refractivity contribution in [2.24, 2.45) is 0 Å². The van der Waals surface area contributed by atoms with E-state index in [4.69, 9.17) is 5.73 Å². The predicted molar refractivity (Wildman–Crippen MR) is 82.1 cm³/mol. The molecular weight excluding hydrogens is 299 g/mol. The third-order valence-corrected chi connectivity index (χ3v) is 4.91. The van der Waals surface area contributed by atoms with Crippen LogP contribution in [0.1, 0.15) is 16.6 Å². The van der Waals surface area contributed by atoms with Crippen LogP contribution in [0.4, 0.5) is 10.1 Å². The number of halogens is 1. The summed E-state index contributed by atoms with van der Waals surface area (Å²) in [4.78, 5) is 12.5. The number of benzene rings is 1. The first-order chi connectivity index (χ1) is 9.38.